The smallest absolute Gasteiger partial charge is 0.308 e. The minimum Gasteiger partial charge on any atom is -0.487 e. The molecule has 2 aliphatic rings. The van der Waals surface area contributed by atoms with Crippen LogP contribution in [0.4, 0.5) is 0 Å². The van der Waals surface area contributed by atoms with Gasteiger partial charge in [-0.25, -0.2) is 13.1 Å². The average molecular weight is 459 g/mol. The van der Waals surface area contributed by atoms with Crippen molar-refractivity contribution < 1.29 is 13.2 Å². The molecule has 1 aliphatic carbocycles. The second-order valence-electron chi connectivity index (χ2n) is 8.50. The van der Waals surface area contributed by atoms with E-state index >= 15 is 0 Å². The van der Waals surface area contributed by atoms with E-state index in [0.29, 0.717) is 17.7 Å². The maximum atomic E-state index is 13.4. The Morgan fingerprint density at radius 3 is 2.71 bits per heavy atom. The number of sulfonamides is 1. The number of aromatic nitrogens is 1. The Labute approximate surface area is 185 Å². The predicted octanol–water partition coefficient (Wildman–Crippen LogP) is 4.59. The molecular weight excluding hydrogens is 432 g/mol. The van der Waals surface area contributed by atoms with Gasteiger partial charge in [0.05, 0.1) is 21.2 Å². The van der Waals surface area contributed by atoms with Crippen LogP contribution in [0.15, 0.2) is 52.2 Å². The molecule has 6 nitrogen and oxygen atoms in total. The molecule has 1 spiro atoms. The third-order valence-corrected chi connectivity index (χ3v) is 8.94. The largest absolute Gasteiger partial charge is 0.487 e. The molecule has 1 saturated carbocycles. The molecule has 0 bridgehead atoms. The summed E-state index contributed by atoms with van der Waals surface area (Å²) in [6.07, 6.45) is 5.93. The summed E-state index contributed by atoms with van der Waals surface area (Å²) >= 11 is 1.08. The molecule has 0 radical (unpaired) electrons. The SMILES string of the molecule is CCn1c(=O)sc2cc(S(=O)(=O)N[C@H]3CC4(CCCCC4)Oc4ccccc43)ccc21. The Morgan fingerprint density at radius 1 is 1.16 bits per heavy atom. The van der Waals surface area contributed by atoms with Gasteiger partial charge in [0.15, 0.2) is 0 Å². The number of ether oxygens (including phenoxy) is 1. The molecule has 5 rings (SSSR count). The van der Waals surface area contributed by atoms with Gasteiger partial charge in [-0.3, -0.25) is 9.36 Å². The van der Waals surface area contributed by atoms with Crippen LogP contribution in [0.3, 0.4) is 0 Å². The number of fused-ring (bicyclic) bond motifs is 2. The molecular formula is C23H26N2O4S2. The number of nitrogens with zero attached hydrogens (tertiary/aromatic N) is 1. The first-order chi connectivity index (χ1) is 14.9. The maximum absolute atomic E-state index is 13.4. The standard InChI is InChI=1S/C23H26N2O4S2/c1-2-25-19-11-10-16(14-21(19)30-22(25)26)31(27,28)24-18-15-23(12-6-3-7-13-23)29-20-9-5-4-8-17(18)20/h4-5,8-11,14,18,24H,2-3,6-7,12-13,15H2,1H3/t18-/m0/s1. The third-order valence-electron chi connectivity index (χ3n) is 6.53. The van der Waals surface area contributed by atoms with Crippen LogP contribution in [-0.2, 0) is 16.6 Å². The van der Waals surface area contributed by atoms with E-state index in [9.17, 15) is 13.2 Å². The number of benzene rings is 2. The Balaban J connectivity index is 1.50. The number of para-hydroxylation sites is 1. The van der Waals surface area contributed by atoms with Crippen molar-refractivity contribution in [3.8, 4) is 5.75 Å². The summed E-state index contributed by atoms with van der Waals surface area (Å²) in [5, 5.41) is 0. The van der Waals surface area contributed by atoms with Crippen LogP contribution in [0.1, 0.15) is 57.1 Å². The Hall–Kier alpha value is -2.16. The van der Waals surface area contributed by atoms with Gasteiger partial charge in [-0.15, -0.1) is 0 Å². The van der Waals surface area contributed by atoms with Crippen LogP contribution in [0.2, 0.25) is 0 Å². The van der Waals surface area contributed by atoms with E-state index in [4.69, 9.17) is 4.74 Å². The zero-order chi connectivity index (χ0) is 21.6. The van der Waals surface area contributed by atoms with Crippen LogP contribution >= 0.6 is 11.3 Å². The molecule has 2 aromatic carbocycles. The van der Waals surface area contributed by atoms with Crippen molar-refractivity contribution in [1.82, 2.24) is 9.29 Å². The summed E-state index contributed by atoms with van der Waals surface area (Å²) in [6.45, 7) is 2.47. The summed E-state index contributed by atoms with van der Waals surface area (Å²) in [7, 11) is -3.77. The molecule has 8 heteroatoms. The number of rotatable bonds is 4. The number of aryl methyl sites for hydroxylation is 1. The summed E-state index contributed by atoms with van der Waals surface area (Å²) in [5.74, 6) is 0.775. The first-order valence-corrected chi connectivity index (χ1v) is 13.1. The topological polar surface area (TPSA) is 77.4 Å². The monoisotopic (exact) mass is 458 g/mol. The number of nitrogens with one attached hydrogen (secondary N) is 1. The quantitative estimate of drug-likeness (QED) is 0.620. The second-order valence-corrected chi connectivity index (χ2v) is 11.2. The van der Waals surface area contributed by atoms with E-state index in [0.717, 1.165) is 53.8 Å². The molecule has 1 atom stereocenters. The molecule has 164 valence electrons. The highest BCUT2D eigenvalue weighted by atomic mass is 32.2. The van der Waals surface area contributed by atoms with Crippen molar-refractivity contribution >= 4 is 31.6 Å². The van der Waals surface area contributed by atoms with Crippen molar-refractivity contribution in [1.29, 1.82) is 0 Å². The van der Waals surface area contributed by atoms with E-state index in [2.05, 4.69) is 4.72 Å². The van der Waals surface area contributed by atoms with Crippen LogP contribution in [-0.4, -0.2) is 18.6 Å². The molecule has 1 N–H and O–H groups in total. The Kier molecular flexibility index (Phi) is 5.19. The van der Waals surface area contributed by atoms with Gasteiger partial charge in [0.2, 0.25) is 10.0 Å². The van der Waals surface area contributed by atoms with Gasteiger partial charge in [-0.1, -0.05) is 36.0 Å². The molecule has 31 heavy (non-hydrogen) atoms. The Bertz CT molecular complexity index is 1290. The molecule has 1 aliphatic heterocycles. The third kappa shape index (κ3) is 3.70. The van der Waals surface area contributed by atoms with Crippen LogP contribution in [0.5, 0.6) is 5.75 Å². The van der Waals surface area contributed by atoms with Gasteiger partial charge in [0, 0.05) is 18.5 Å². The van der Waals surface area contributed by atoms with E-state index in [1.165, 1.54) is 6.42 Å². The van der Waals surface area contributed by atoms with Gasteiger partial charge in [0.1, 0.15) is 11.4 Å². The van der Waals surface area contributed by atoms with Gasteiger partial charge < -0.3 is 4.74 Å². The fourth-order valence-electron chi connectivity index (χ4n) is 4.99. The zero-order valence-corrected chi connectivity index (χ0v) is 19.1. The fourth-order valence-corrected chi connectivity index (χ4v) is 7.30. The van der Waals surface area contributed by atoms with Crippen molar-refractivity contribution in [2.45, 2.75) is 68.5 Å². The summed E-state index contributed by atoms with van der Waals surface area (Å²) in [4.78, 5) is 12.3. The average Bonchev–Trinajstić information content (AvgIpc) is 3.08. The van der Waals surface area contributed by atoms with Crippen molar-refractivity contribution in [2.24, 2.45) is 0 Å². The lowest BCUT2D eigenvalue weighted by atomic mass is 9.77. The molecule has 2 heterocycles. The molecule has 0 amide bonds. The lowest BCUT2D eigenvalue weighted by Gasteiger charge is -2.44. The van der Waals surface area contributed by atoms with Crippen molar-refractivity contribution in [3.63, 3.8) is 0 Å². The second kappa shape index (κ2) is 7.76. The summed E-state index contributed by atoms with van der Waals surface area (Å²) in [5.41, 5.74) is 1.35. The van der Waals surface area contributed by atoms with E-state index in [1.54, 1.807) is 22.8 Å². The normalized spacial score (nSPS) is 20.5. The Morgan fingerprint density at radius 2 is 1.94 bits per heavy atom. The highest BCUT2D eigenvalue weighted by Crippen LogP contribution is 2.46. The minimum absolute atomic E-state index is 0.0717. The first kappa shape index (κ1) is 20.7. The fraction of sp³-hybridized carbons (Fsp3) is 0.435. The number of hydrogen-bond acceptors (Lipinski definition) is 5. The van der Waals surface area contributed by atoms with Gasteiger partial charge >= 0.3 is 4.87 Å². The predicted molar refractivity (Wildman–Crippen MR) is 122 cm³/mol. The van der Waals surface area contributed by atoms with E-state index in [1.807, 2.05) is 31.2 Å². The molecule has 0 saturated heterocycles. The summed E-state index contributed by atoms with van der Waals surface area (Å²) in [6, 6.07) is 12.3. The van der Waals surface area contributed by atoms with Crippen LogP contribution in [0.25, 0.3) is 10.2 Å². The maximum Gasteiger partial charge on any atom is 0.308 e. The first-order valence-electron chi connectivity index (χ1n) is 10.8. The van der Waals surface area contributed by atoms with Crippen molar-refractivity contribution in [3.05, 3.63) is 57.7 Å². The van der Waals surface area contributed by atoms with Gasteiger partial charge in [0.25, 0.3) is 0 Å². The zero-order valence-electron chi connectivity index (χ0n) is 17.5. The van der Waals surface area contributed by atoms with Crippen LogP contribution < -0.4 is 14.3 Å². The van der Waals surface area contributed by atoms with E-state index in [-0.39, 0.29) is 21.4 Å². The molecule has 0 unspecified atom stereocenters. The number of hydrogen-bond donors (Lipinski definition) is 1. The minimum atomic E-state index is -3.77. The van der Waals surface area contributed by atoms with Gasteiger partial charge in [-0.05, 0) is 56.9 Å². The van der Waals surface area contributed by atoms with Gasteiger partial charge in [-0.2, -0.15) is 0 Å². The van der Waals surface area contributed by atoms with E-state index < -0.39 is 10.0 Å². The molecule has 1 fully saturated rings. The number of thiazole rings is 1. The highest BCUT2D eigenvalue weighted by molar-refractivity contribution is 7.89. The lowest BCUT2D eigenvalue weighted by Crippen LogP contribution is -2.46. The summed E-state index contributed by atoms with van der Waals surface area (Å²) < 4.78 is 38.4. The highest BCUT2D eigenvalue weighted by Gasteiger charge is 2.42. The van der Waals surface area contributed by atoms with Crippen molar-refractivity contribution in [2.75, 3.05) is 0 Å². The van der Waals surface area contributed by atoms with Crippen LogP contribution in [0, 0.1) is 0 Å². The molecule has 1 aromatic heterocycles. The lowest BCUT2D eigenvalue weighted by molar-refractivity contribution is 0.0000754. The molecule has 3 aromatic rings.